The first-order chi connectivity index (χ1) is 8.58. The van der Waals surface area contributed by atoms with E-state index in [-0.39, 0.29) is 5.91 Å². The number of likely N-dealkylation sites (tertiary alicyclic amines) is 1. The summed E-state index contributed by atoms with van der Waals surface area (Å²) < 4.78 is 5.31. The van der Waals surface area contributed by atoms with Gasteiger partial charge in [0.1, 0.15) is 6.10 Å². The molecule has 18 heavy (non-hydrogen) atoms. The van der Waals surface area contributed by atoms with Gasteiger partial charge in [-0.25, -0.2) is 4.79 Å². The fraction of sp³-hybridized carbons (Fsp3) is 0.846. The van der Waals surface area contributed by atoms with Crippen LogP contribution in [0, 0.1) is 5.92 Å². The van der Waals surface area contributed by atoms with Crippen LogP contribution in [0.3, 0.4) is 0 Å². The highest BCUT2D eigenvalue weighted by Gasteiger charge is 2.36. The number of carbonyl (C=O) groups excluding carboxylic acids is 1. The first-order valence-corrected chi connectivity index (χ1v) is 6.75. The van der Waals surface area contributed by atoms with Crippen molar-refractivity contribution < 1.29 is 19.4 Å². The molecule has 102 valence electrons. The lowest BCUT2D eigenvalue weighted by Crippen LogP contribution is -2.40. The Morgan fingerprint density at radius 2 is 1.83 bits per heavy atom. The fourth-order valence-corrected chi connectivity index (χ4v) is 2.69. The monoisotopic (exact) mass is 255 g/mol. The van der Waals surface area contributed by atoms with Crippen LogP contribution >= 0.6 is 0 Å². The molecule has 1 N–H and O–H groups in total. The zero-order valence-corrected chi connectivity index (χ0v) is 10.8. The number of carboxylic acid groups (broad SMARTS) is 1. The number of rotatable bonds is 2. The molecule has 2 aliphatic heterocycles. The molecule has 0 aromatic carbocycles. The van der Waals surface area contributed by atoms with Gasteiger partial charge in [-0.3, -0.25) is 4.79 Å². The molecule has 0 bridgehead atoms. The Bertz CT molecular complexity index is 331. The standard InChI is InChI=1S/C13H21NO4/c1-9-3-2-7-14(8-6-9)12(15)10-4-5-11(18-10)13(16)17/h9-11H,2-8H2,1H3,(H,16,17)/t9?,10-,11+/m0/s1. The summed E-state index contributed by atoms with van der Waals surface area (Å²) in [4.78, 5) is 24.9. The van der Waals surface area contributed by atoms with Crippen molar-refractivity contribution in [2.24, 2.45) is 5.92 Å². The number of nitrogens with zero attached hydrogens (tertiary/aromatic N) is 1. The molecule has 0 aliphatic carbocycles. The quantitative estimate of drug-likeness (QED) is 0.807. The Labute approximate surface area is 107 Å². The molecule has 0 aromatic rings. The molecule has 2 heterocycles. The van der Waals surface area contributed by atoms with Crippen LogP contribution in [0.25, 0.3) is 0 Å². The van der Waals surface area contributed by atoms with E-state index < -0.39 is 18.2 Å². The summed E-state index contributed by atoms with van der Waals surface area (Å²) >= 11 is 0. The summed E-state index contributed by atoms with van der Waals surface area (Å²) in [6.45, 7) is 3.76. The molecule has 0 saturated carbocycles. The largest absolute Gasteiger partial charge is 0.479 e. The second kappa shape index (κ2) is 5.69. The summed E-state index contributed by atoms with van der Waals surface area (Å²) in [6.07, 6.45) is 2.85. The van der Waals surface area contributed by atoms with E-state index in [0.29, 0.717) is 18.8 Å². The van der Waals surface area contributed by atoms with Gasteiger partial charge < -0.3 is 14.7 Å². The Kier molecular flexibility index (Phi) is 4.22. The van der Waals surface area contributed by atoms with Crippen molar-refractivity contribution in [3.63, 3.8) is 0 Å². The van der Waals surface area contributed by atoms with E-state index >= 15 is 0 Å². The lowest BCUT2D eigenvalue weighted by molar-refractivity contribution is -0.154. The fourth-order valence-electron chi connectivity index (χ4n) is 2.69. The molecule has 2 saturated heterocycles. The van der Waals surface area contributed by atoms with Crippen molar-refractivity contribution >= 4 is 11.9 Å². The first-order valence-electron chi connectivity index (χ1n) is 6.75. The first kappa shape index (κ1) is 13.3. The minimum absolute atomic E-state index is 0.0205. The van der Waals surface area contributed by atoms with E-state index in [4.69, 9.17) is 9.84 Å². The summed E-state index contributed by atoms with van der Waals surface area (Å²) in [5, 5.41) is 8.85. The third-order valence-corrected chi connectivity index (χ3v) is 3.90. The number of hydrogen-bond donors (Lipinski definition) is 1. The van der Waals surface area contributed by atoms with Gasteiger partial charge in [0.25, 0.3) is 5.91 Å². The van der Waals surface area contributed by atoms with Crippen molar-refractivity contribution in [2.75, 3.05) is 13.1 Å². The normalized spacial score (nSPS) is 33.2. The summed E-state index contributed by atoms with van der Waals surface area (Å²) in [5.74, 6) is -0.318. The second-order valence-corrected chi connectivity index (χ2v) is 5.39. The summed E-state index contributed by atoms with van der Waals surface area (Å²) in [7, 11) is 0. The molecule has 5 heteroatoms. The number of aliphatic carboxylic acids is 1. The van der Waals surface area contributed by atoms with Gasteiger partial charge in [0, 0.05) is 13.1 Å². The smallest absolute Gasteiger partial charge is 0.332 e. The van der Waals surface area contributed by atoms with Crippen molar-refractivity contribution in [3.8, 4) is 0 Å². The summed E-state index contributed by atoms with van der Waals surface area (Å²) in [5.41, 5.74) is 0. The number of carbonyl (C=O) groups is 2. The van der Waals surface area contributed by atoms with Crippen molar-refractivity contribution in [2.45, 2.75) is 51.2 Å². The molecule has 0 radical (unpaired) electrons. The van der Waals surface area contributed by atoms with Crippen LogP contribution in [0.2, 0.25) is 0 Å². The maximum Gasteiger partial charge on any atom is 0.332 e. The zero-order chi connectivity index (χ0) is 13.1. The van der Waals surface area contributed by atoms with Crippen LogP contribution in [0.1, 0.15) is 39.0 Å². The molecule has 2 rings (SSSR count). The number of amides is 1. The van der Waals surface area contributed by atoms with E-state index in [1.165, 1.54) is 0 Å². The predicted molar refractivity (Wildman–Crippen MR) is 65.1 cm³/mol. The average Bonchev–Trinajstić information content (AvgIpc) is 2.73. The predicted octanol–water partition coefficient (Wildman–Crippen LogP) is 1.27. The molecular formula is C13H21NO4. The highest BCUT2D eigenvalue weighted by atomic mass is 16.5. The van der Waals surface area contributed by atoms with E-state index in [1.807, 2.05) is 4.90 Å². The summed E-state index contributed by atoms with van der Waals surface area (Å²) in [6, 6.07) is 0. The zero-order valence-electron chi connectivity index (χ0n) is 10.8. The van der Waals surface area contributed by atoms with Crippen LogP contribution in [-0.4, -0.2) is 47.2 Å². The highest BCUT2D eigenvalue weighted by molar-refractivity contribution is 5.82. The molecule has 0 aromatic heterocycles. The molecule has 1 unspecified atom stereocenters. The van der Waals surface area contributed by atoms with Gasteiger partial charge >= 0.3 is 5.97 Å². The molecule has 0 spiro atoms. The molecule has 5 nitrogen and oxygen atoms in total. The van der Waals surface area contributed by atoms with E-state index in [9.17, 15) is 9.59 Å². The van der Waals surface area contributed by atoms with Gasteiger partial charge in [0.05, 0.1) is 0 Å². The topological polar surface area (TPSA) is 66.8 Å². The van der Waals surface area contributed by atoms with Crippen LogP contribution in [0.4, 0.5) is 0 Å². The van der Waals surface area contributed by atoms with Crippen LogP contribution in [0.15, 0.2) is 0 Å². The van der Waals surface area contributed by atoms with Crippen molar-refractivity contribution in [3.05, 3.63) is 0 Å². The maximum atomic E-state index is 12.2. The van der Waals surface area contributed by atoms with Crippen LogP contribution in [-0.2, 0) is 14.3 Å². The Balaban J connectivity index is 1.89. The van der Waals surface area contributed by atoms with Gasteiger partial charge in [-0.15, -0.1) is 0 Å². The molecule has 3 atom stereocenters. The number of ether oxygens (including phenoxy) is 1. The lowest BCUT2D eigenvalue weighted by atomic mass is 10.0. The van der Waals surface area contributed by atoms with Crippen molar-refractivity contribution in [1.82, 2.24) is 4.90 Å². The average molecular weight is 255 g/mol. The van der Waals surface area contributed by atoms with Crippen LogP contribution in [0.5, 0.6) is 0 Å². The van der Waals surface area contributed by atoms with Gasteiger partial charge in [0.15, 0.2) is 6.10 Å². The Morgan fingerprint density at radius 1 is 1.11 bits per heavy atom. The minimum atomic E-state index is -0.963. The molecule has 2 aliphatic rings. The van der Waals surface area contributed by atoms with Crippen LogP contribution < -0.4 is 0 Å². The van der Waals surface area contributed by atoms with Gasteiger partial charge in [-0.05, 0) is 38.0 Å². The Morgan fingerprint density at radius 3 is 2.50 bits per heavy atom. The Hall–Kier alpha value is -1.10. The second-order valence-electron chi connectivity index (χ2n) is 5.39. The van der Waals surface area contributed by atoms with E-state index in [0.717, 1.165) is 32.4 Å². The third-order valence-electron chi connectivity index (χ3n) is 3.90. The number of carboxylic acids is 1. The van der Waals surface area contributed by atoms with Crippen molar-refractivity contribution in [1.29, 1.82) is 0 Å². The maximum absolute atomic E-state index is 12.2. The van der Waals surface area contributed by atoms with Gasteiger partial charge in [-0.2, -0.15) is 0 Å². The van der Waals surface area contributed by atoms with E-state index in [1.54, 1.807) is 0 Å². The minimum Gasteiger partial charge on any atom is -0.479 e. The molecule has 1 amide bonds. The third kappa shape index (κ3) is 3.02. The van der Waals surface area contributed by atoms with Gasteiger partial charge in [-0.1, -0.05) is 6.92 Å². The lowest BCUT2D eigenvalue weighted by Gasteiger charge is -2.23. The SMILES string of the molecule is CC1CCCN(C(=O)[C@@H]2CC[C@H](C(=O)O)O2)CC1. The van der Waals surface area contributed by atoms with E-state index in [2.05, 4.69) is 6.92 Å². The molecule has 2 fully saturated rings. The number of hydrogen-bond acceptors (Lipinski definition) is 3. The highest BCUT2D eigenvalue weighted by Crippen LogP contribution is 2.24. The van der Waals surface area contributed by atoms with Gasteiger partial charge in [0.2, 0.25) is 0 Å². The molecular weight excluding hydrogens is 234 g/mol.